The van der Waals surface area contributed by atoms with Gasteiger partial charge in [-0.1, -0.05) is 0 Å². The van der Waals surface area contributed by atoms with Gasteiger partial charge in [0.2, 0.25) is 0 Å². The molecule has 0 saturated carbocycles. The van der Waals surface area contributed by atoms with Crippen LogP contribution in [0.1, 0.15) is 27.7 Å². The summed E-state index contributed by atoms with van der Waals surface area (Å²) in [4.78, 5) is 21.1. The molecule has 0 aromatic carbocycles. The second-order valence-electron chi connectivity index (χ2n) is 3.49. The molecule has 0 rings (SSSR count). The van der Waals surface area contributed by atoms with Gasteiger partial charge in [-0.05, 0) is 13.8 Å². The lowest BCUT2D eigenvalue weighted by molar-refractivity contribution is -0.146. The zero-order chi connectivity index (χ0) is 12.6. The molecule has 0 saturated heterocycles. The summed E-state index contributed by atoms with van der Waals surface area (Å²) >= 11 is 0. The minimum Gasteiger partial charge on any atom is -0.461 e. The highest BCUT2D eigenvalue weighted by Gasteiger charge is 2.05. The van der Waals surface area contributed by atoms with Gasteiger partial charge < -0.3 is 9.47 Å². The van der Waals surface area contributed by atoms with Gasteiger partial charge in [0, 0.05) is 13.8 Å². The Labute approximate surface area is 95.0 Å². The van der Waals surface area contributed by atoms with Gasteiger partial charge >= 0.3 is 11.9 Å². The molecule has 0 aliphatic heterocycles. The fourth-order valence-electron chi connectivity index (χ4n) is 0.987. The van der Waals surface area contributed by atoms with Crippen LogP contribution in [-0.4, -0.2) is 37.2 Å². The third-order valence-corrected chi connectivity index (χ3v) is 1.51. The standard InChI is InChI=1S/C10H18N2O4/c1-7(15-9(3)13)5-11-12-6-8(2)16-10(4)14/h7-8H,5-6H2,1-4H3/b12-11+. The van der Waals surface area contributed by atoms with Crippen molar-refractivity contribution in [1.29, 1.82) is 0 Å². The smallest absolute Gasteiger partial charge is 0.302 e. The van der Waals surface area contributed by atoms with Crippen molar-refractivity contribution < 1.29 is 19.1 Å². The molecule has 0 fully saturated rings. The lowest BCUT2D eigenvalue weighted by atomic mass is 10.4. The van der Waals surface area contributed by atoms with E-state index in [-0.39, 0.29) is 24.1 Å². The minimum atomic E-state index is -0.337. The summed E-state index contributed by atoms with van der Waals surface area (Å²) in [6, 6.07) is 0. The van der Waals surface area contributed by atoms with Gasteiger partial charge in [0.05, 0.1) is 13.1 Å². The van der Waals surface area contributed by atoms with E-state index in [1.54, 1.807) is 13.8 Å². The Kier molecular flexibility index (Phi) is 7.07. The second kappa shape index (κ2) is 7.78. The van der Waals surface area contributed by atoms with E-state index in [2.05, 4.69) is 10.2 Å². The number of carbonyl (C=O) groups is 2. The van der Waals surface area contributed by atoms with Crippen molar-refractivity contribution in [2.75, 3.05) is 13.1 Å². The summed E-state index contributed by atoms with van der Waals surface area (Å²) in [5, 5.41) is 7.66. The first-order chi connectivity index (χ1) is 7.41. The molecule has 16 heavy (non-hydrogen) atoms. The van der Waals surface area contributed by atoms with Crippen LogP contribution in [0.5, 0.6) is 0 Å². The number of nitrogens with zero attached hydrogens (tertiary/aromatic N) is 2. The highest BCUT2D eigenvalue weighted by atomic mass is 16.5. The Morgan fingerprint density at radius 1 is 0.938 bits per heavy atom. The zero-order valence-electron chi connectivity index (χ0n) is 10.1. The Hall–Kier alpha value is -1.46. The number of ether oxygens (including phenoxy) is 2. The second-order valence-corrected chi connectivity index (χ2v) is 3.49. The highest BCUT2D eigenvalue weighted by Crippen LogP contribution is 1.96. The van der Waals surface area contributed by atoms with Crippen LogP contribution in [0.25, 0.3) is 0 Å². The molecule has 0 aliphatic carbocycles. The number of hydrogen-bond acceptors (Lipinski definition) is 6. The van der Waals surface area contributed by atoms with Gasteiger partial charge in [0.1, 0.15) is 12.2 Å². The maximum Gasteiger partial charge on any atom is 0.302 e. The van der Waals surface area contributed by atoms with Crippen molar-refractivity contribution >= 4 is 11.9 Å². The van der Waals surface area contributed by atoms with Crippen LogP contribution in [0.3, 0.4) is 0 Å². The molecule has 2 atom stereocenters. The summed E-state index contributed by atoms with van der Waals surface area (Å²) in [7, 11) is 0. The highest BCUT2D eigenvalue weighted by molar-refractivity contribution is 5.66. The van der Waals surface area contributed by atoms with E-state index in [1.165, 1.54) is 13.8 Å². The monoisotopic (exact) mass is 230 g/mol. The Morgan fingerprint density at radius 2 is 1.25 bits per heavy atom. The van der Waals surface area contributed by atoms with Crippen molar-refractivity contribution in [3.05, 3.63) is 0 Å². The lowest BCUT2D eigenvalue weighted by Gasteiger charge is -2.09. The lowest BCUT2D eigenvalue weighted by Crippen LogP contribution is -2.16. The van der Waals surface area contributed by atoms with Gasteiger partial charge in [-0.2, -0.15) is 10.2 Å². The average molecular weight is 230 g/mol. The third-order valence-electron chi connectivity index (χ3n) is 1.51. The molecule has 0 bridgehead atoms. The first-order valence-corrected chi connectivity index (χ1v) is 5.09. The number of hydrogen-bond donors (Lipinski definition) is 0. The first-order valence-electron chi connectivity index (χ1n) is 5.09. The van der Waals surface area contributed by atoms with Gasteiger partial charge in [0.15, 0.2) is 0 Å². The molecule has 6 nitrogen and oxygen atoms in total. The molecule has 0 aromatic heterocycles. The van der Waals surface area contributed by atoms with E-state index in [0.29, 0.717) is 13.1 Å². The first kappa shape index (κ1) is 14.5. The molecule has 0 heterocycles. The van der Waals surface area contributed by atoms with E-state index in [9.17, 15) is 9.59 Å². The number of carbonyl (C=O) groups excluding carboxylic acids is 2. The molecule has 0 N–H and O–H groups in total. The summed E-state index contributed by atoms with van der Waals surface area (Å²) < 4.78 is 9.69. The molecular weight excluding hydrogens is 212 g/mol. The molecular formula is C10H18N2O4. The largest absolute Gasteiger partial charge is 0.461 e. The van der Waals surface area contributed by atoms with Crippen LogP contribution >= 0.6 is 0 Å². The number of esters is 2. The Morgan fingerprint density at radius 3 is 1.50 bits per heavy atom. The number of rotatable bonds is 6. The van der Waals surface area contributed by atoms with Crippen molar-refractivity contribution in [3.63, 3.8) is 0 Å². The molecule has 0 spiro atoms. The van der Waals surface area contributed by atoms with Crippen LogP contribution in [-0.2, 0) is 19.1 Å². The maximum absolute atomic E-state index is 10.6. The van der Waals surface area contributed by atoms with Crippen LogP contribution in [0.2, 0.25) is 0 Å². The molecule has 0 aromatic rings. The summed E-state index contributed by atoms with van der Waals surface area (Å²) in [6.45, 7) is 6.78. The Bertz CT molecular complexity index is 240. The fourth-order valence-corrected chi connectivity index (χ4v) is 0.987. The van der Waals surface area contributed by atoms with Crippen LogP contribution < -0.4 is 0 Å². The third kappa shape index (κ3) is 9.11. The van der Waals surface area contributed by atoms with Crippen LogP contribution in [0.4, 0.5) is 0 Å². The molecule has 0 radical (unpaired) electrons. The van der Waals surface area contributed by atoms with E-state index >= 15 is 0 Å². The van der Waals surface area contributed by atoms with E-state index in [1.807, 2.05) is 0 Å². The normalized spacial score (nSPS) is 14.5. The predicted octanol–water partition coefficient (Wildman–Crippen LogP) is 1.34. The van der Waals surface area contributed by atoms with Crippen molar-refractivity contribution in [3.8, 4) is 0 Å². The van der Waals surface area contributed by atoms with Crippen LogP contribution in [0, 0.1) is 0 Å². The van der Waals surface area contributed by atoms with Crippen LogP contribution in [0.15, 0.2) is 10.2 Å². The summed E-state index contributed by atoms with van der Waals surface area (Å²) in [5.41, 5.74) is 0. The molecule has 92 valence electrons. The van der Waals surface area contributed by atoms with Crippen molar-refractivity contribution in [1.82, 2.24) is 0 Å². The minimum absolute atomic E-state index is 0.287. The number of azo groups is 1. The van der Waals surface area contributed by atoms with Gasteiger partial charge in [0.25, 0.3) is 0 Å². The molecule has 6 heteroatoms. The summed E-state index contributed by atoms with van der Waals surface area (Å²) in [6.07, 6.45) is -0.574. The van der Waals surface area contributed by atoms with Gasteiger partial charge in [-0.3, -0.25) is 9.59 Å². The molecule has 2 unspecified atom stereocenters. The van der Waals surface area contributed by atoms with E-state index in [4.69, 9.17) is 9.47 Å². The fraction of sp³-hybridized carbons (Fsp3) is 0.800. The maximum atomic E-state index is 10.6. The van der Waals surface area contributed by atoms with E-state index in [0.717, 1.165) is 0 Å². The Balaban J connectivity index is 3.68. The van der Waals surface area contributed by atoms with Gasteiger partial charge in [-0.25, -0.2) is 0 Å². The predicted molar refractivity (Wildman–Crippen MR) is 57.0 cm³/mol. The van der Waals surface area contributed by atoms with E-state index < -0.39 is 0 Å². The molecule has 0 aliphatic rings. The topological polar surface area (TPSA) is 77.3 Å². The average Bonchev–Trinajstić information content (AvgIpc) is 2.10. The summed E-state index contributed by atoms with van der Waals surface area (Å²) in [5.74, 6) is -0.674. The zero-order valence-corrected chi connectivity index (χ0v) is 10.1. The van der Waals surface area contributed by atoms with Gasteiger partial charge in [-0.15, -0.1) is 0 Å². The SMILES string of the molecule is CC(=O)OC(C)C/N=N/CC(C)OC(C)=O. The quantitative estimate of drug-likeness (QED) is 0.509. The molecule has 0 amide bonds. The van der Waals surface area contributed by atoms with Crippen molar-refractivity contribution in [2.45, 2.75) is 39.9 Å². The van der Waals surface area contributed by atoms with Crippen molar-refractivity contribution in [2.24, 2.45) is 10.2 Å².